The molecule has 0 bridgehead atoms. The summed E-state index contributed by atoms with van der Waals surface area (Å²) in [6.07, 6.45) is 3.26. The second kappa shape index (κ2) is 9.96. The largest absolute Gasteiger partial charge is 0.458 e. The standard InChI is InChI=1S/C28H33ClN2O2/c1-18-14-23(28(5,6)7)15-19(2)25(18)17-33-27(32)13-12-24-20(3)30-31(21(24)4)16-22-10-8-9-11-26(22)29/h8-15H,16-17H2,1-7H3. The van der Waals surface area contributed by atoms with Crippen molar-refractivity contribution in [3.8, 4) is 0 Å². The van der Waals surface area contributed by atoms with E-state index in [9.17, 15) is 4.79 Å². The quantitative estimate of drug-likeness (QED) is 0.295. The normalized spacial score (nSPS) is 11.9. The van der Waals surface area contributed by atoms with Crippen molar-refractivity contribution in [2.75, 3.05) is 0 Å². The molecule has 2 aromatic carbocycles. The Kier molecular flexibility index (Phi) is 7.48. The van der Waals surface area contributed by atoms with Gasteiger partial charge in [-0.05, 0) is 73.1 Å². The Labute approximate surface area is 202 Å². The maximum absolute atomic E-state index is 12.4. The zero-order valence-electron chi connectivity index (χ0n) is 20.6. The van der Waals surface area contributed by atoms with Gasteiger partial charge in [-0.3, -0.25) is 4.68 Å². The Morgan fingerprint density at radius 1 is 1.09 bits per heavy atom. The maximum Gasteiger partial charge on any atom is 0.331 e. The van der Waals surface area contributed by atoms with E-state index in [1.165, 1.54) is 11.6 Å². The van der Waals surface area contributed by atoms with Crippen LogP contribution in [0.5, 0.6) is 0 Å². The summed E-state index contributed by atoms with van der Waals surface area (Å²) in [7, 11) is 0. The first-order valence-corrected chi connectivity index (χ1v) is 11.6. The Hall–Kier alpha value is -2.85. The van der Waals surface area contributed by atoms with Gasteiger partial charge in [0.05, 0.1) is 12.2 Å². The van der Waals surface area contributed by atoms with Crippen LogP contribution in [0, 0.1) is 27.7 Å². The van der Waals surface area contributed by atoms with Gasteiger partial charge < -0.3 is 4.74 Å². The smallest absolute Gasteiger partial charge is 0.331 e. The van der Waals surface area contributed by atoms with Crippen molar-refractivity contribution in [1.82, 2.24) is 9.78 Å². The first-order valence-electron chi connectivity index (χ1n) is 11.2. The van der Waals surface area contributed by atoms with Crippen LogP contribution in [-0.2, 0) is 28.1 Å². The fourth-order valence-electron chi connectivity index (χ4n) is 3.89. The Morgan fingerprint density at radius 2 is 1.73 bits per heavy atom. The van der Waals surface area contributed by atoms with Gasteiger partial charge in [0, 0.05) is 22.4 Å². The highest BCUT2D eigenvalue weighted by Crippen LogP contribution is 2.27. The van der Waals surface area contributed by atoms with Crippen LogP contribution in [0.3, 0.4) is 0 Å². The van der Waals surface area contributed by atoms with Crippen molar-refractivity contribution >= 4 is 23.6 Å². The SMILES string of the molecule is Cc1cc(C(C)(C)C)cc(C)c1COC(=O)C=Cc1c(C)nn(Cc2ccccc2Cl)c1C. The van der Waals surface area contributed by atoms with Gasteiger partial charge in [0.2, 0.25) is 0 Å². The molecular formula is C28H33ClN2O2. The van der Waals surface area contributed by atoms with Crippen molar-refractivity contribution in [3.05, 3.63) is 92.3 Å². The third-order valence-electron chi connectivity index (χ3n) is 6.02. The molecule has 0 saturated heterocycles. The lowest BCUT2D eigenvalue weighted by atomic mass is 9.84. The minimum absolute atomic E-state index is 0.0828. The predicted molar refractivity (Wildman–Crippen MR) is 136 cm³/mol. The van der Waals surface area contributed by atoms with E-state index < -0.39 is 0 Å². The van der Waals surface area contributed by atoms with Gasteiger partial charge in [-0.2, -0.15) is 5.10 Å². The molecule has 5 heteroatoms. The molecule has 174 valence electrons. The molecule has 0 aliphatic carbocycles. The van der Waals surface area contributed by atoms with Crippen LogP contribution in [0.2, 0.25) is 5.02 Å². The summed E-state index contributed by atoms with van der Waals surface area (Å²) in [5.74, 6) is -0.369. The first-order chi connectivity index (χ1) is 15.5. The van der Waals surface area contributed by atoms with Gasteiger partial charge in [0.15, 0.2) is 0 Å². The number of carbonyl (C=O) groups excluding carboxylic acids is 1. The highest BCUT2D eigenvalue weighted by atomic mass is 35.5. The molecule has 1 heterocycles. The monoisotopic (exact) mass is 464 g/mol. The number of esters is 1. The van der Waals surface area contributed by atoms with Gasteiger partial charge in [0.25, 0.3) is 0 Å². The number of hydrogen-bond acceptors (Lipinski definition) is 3. The van der Waals surface area contributed by atoms with Crippen LogP contribution in [0.15, 0.2) is 42.5 Å². The van der Waals surface area contributed by atoms with Crippen LogP contribution in [0.4, 0.5) is 0 Å². The predicted octanol–water partition coefficient (Wildman–Crippen LogP) is 6.87. The van der Waals surface area contributed by atoms with Gasteiger partial charge >= 0.3 is 5.97 Å². The number of benzene rings is 2. The van der Waals surface area contributed by atoms with E-state index in [0.717, 1.165) is 39.2 Å². The van der Waals surface area contributed by atoms with E-state index in [-0.39, 0.29) is 18.0 Å². The third kappa shape index (κ3) is 5.94. The number of halogens is 1. The average Bonchev–Trinajstić information content (AvgIpc) is 2.99. The van der Waals surface area contributed by atoms with Crippen molar-refractivity contribution in [2.24, 2.45) is 0 Å². The lowest BCUT2D eigenvalue weighted by Crippen LogP contribution is -2.13. The first kappa shape index (κ1) is 24.8. The molecule has 0 aliphatic rings. The summed E-state index contributed by atoms with van der Waals surface area (Å²) in [4.78, 5) is 12.4. The van der Waals surface area contributed by atoms with E-state index in [4.69, 9.17) is 16.3 Å². The van der Waals surface area contributed by atoms with Gasteiger partial charge in [0.1, 0.15) is 6.61 Å². The van der Waals surface area contributed by atoms with Crippen molar-refractivity contribution in [1.29, 1.82) is 0 Å². The zero-order valence-corrected chi connectivity index (χ0v) is 21.4. The summed E-state index contributed by atoms with van der Waals surface area (Å²) in [5.41, 5.74) is 8.46. The minimum atomic E-state index is -0.369. The van der Waals surface area contributed by atoms with Gasteiger partial charge in [-0.25, -0.2) is 4.79 Å². The molecule has 1 aromatic heterocycles. The van der Waals surface area contributed by atoms with E-state index in [1.807, 2.05) is 42.8 Å². The molecule has 0 amide bonds. The summed E-state index contributed by atoms with van der Waals surface area (Å²) in [6.45, 7) is 15.5. The third-order valence-corrected chi connectivity index (χ3v) is 6.39. The molecule has 0 aliphatic heterocycles. The summed E-state index contributed by atoms with van der Waals surface area (Å²) < 4.78 is 7.47. The Bertz CT molecular complexity index is 1180. The molecule has 0 unspecified atom stereocenters. The molecular weight excluding hydrogens is 432 g/mol. The number of carbonyl (C=O) groups is 1. The Balaban J connectivity index is 1.69. The topological polar surface area (TPSA) is 44.1 Å². The molecule has 0 N–H and O–H groups in total. The molecule has 4 nitrogen and oxygen atoms in total. The average molecular weight is 465 g/mol. The van der Waals surface area contributed by atoms with Crippen LogP contribution >= 0.6 is 11.6 Å². The van der Waals surface area contributed by atoms with Crippen LogP contribution in [0.1, 0.15) is 65.5 Å². The number of ether oxygens (including phenoxy) is 1. The number of nitrogens with zero attached hydrogens (tertiary/aromatic N) is 2. The van der Waals surface area contributed by atoms with Gasteiger partial charge in [-0.15, -0.1) is 0 Å². The molecule has 3 rings (SSSR count). The van der Waals surface area contributed by atoms with Crippen LogP contribution in [-0.4, -0.2) is 15.7 Å². The van der Waals surface area contributed by atoms with Crippen molar-refractivity contribution < 1.29 is 9.53 Å². The zero-order chi connectivity index (χ0) is 24.3. The Morgan fingerprint density at radius 3 is 2.33 bits per heavy atom. The number of hydrogen-bond donors (Lipinski definition) is 0. The van der Waals surface area contributed by atoms with Crippen molar-refractivity contribution in [2.45, 2.75) is 67.0 Å². The number of rotatable bonds is 6. The van der Waals surface area contributed by atoms with Crippen LogP contribution < -0.4 is 0 Å². The molecule has 0 fully saturated rings. The molecule has 0 atom stereocenters. The highest BCUT2D eigenvalue weighted by Gasteiger charge is 2.17. The van der Waals surface area contributed by atoms with Gasteiger partial charge in [-0.1, -0.05) is 62.7 Å². The van der Waals surface area contributed by atoms with E-state index in [1.54, 1.807) is 6.08 Å². The lowest BCUT2D eigenvalue weighted by molar-refractivity contribution is -0.138. The van der Waals surface area contributed by atoms with E-state index in [2.05, 4.69) is 51.9 Å². The molecule has 0 spiro atoms. The number of aryl methyl sites for hydroxylation is 3. The summed E-state index contributed by atoms with van der Waals surface area (Å²) in [6, 6.07) is 12.1. The fourth-order valence-corrected chi connectivity index (χ4v) is 4.09. The summed E-state index contributed by atoms with van der Waals surface area (Å²) in [5, 5.41) is 5.34. The molecule has 0 radical (unpaired) electrons. The molecule has 0 saturated carbocycles. The summed E-state index contributed by atoms with van der Waals surface area (Å²) >= 11 is 6.30. The van der Waals surface area contributed by atoms with Crippen molar-refractivity contribution in [3.63, 3.8) is 0 Å². The second-order valence-electron chi connectivity index (χ2n) is 9.61. The lowest BCUT2D eigenvalue weighted by Gasteiger charge is -2.22. The van der Waals surface area contributed by atoms with Crippen LogP contribution in [0.25, 0.3) is 6.08 Å². The maximum atomic E-state index is 12.4. The van der Waals surface area contributed by atoms with E-state index >= 15 is 0 Å². The van der Waals surface area contributed by atoms with E-state index in [0.29, 0.717) is 11.6 Å². The fraction of sp³-hybridized carbons (Fsp3) is 0.357. The second-order valence-corrected chi connectivity index (χ2v) is 10.0. The molecule has 3 aromatic rings. The minimum Gasteiger partial charge on any atom is -0.458 e. The highest BCUT2D eigenvalue weighted by molar-refractivity contribution is 6.31. The number of aromatic nitrogens is 2. The molecule has 33 heavy (non-hydrogen) atoms.